The van der Waals surface area contributed by atoms with Crippen molar-refractivity contribution in [2.75, 3.05) is 0 Å². The van der Waals surface area contributed by atoms with Crippen molar-refractivity contribution in [3.63, 3.8) is 0 Å². The Balaban J connectivity index is 2.73. The molecule has 1 amide bonds. The summed E-state index contributed by atoms with van der Waals surface area (Å²) in [5.41, 5.74) is 0. The molecule has 0 aliphatic carbocycles. The predicted octanol–water partition coefficient (Wildman–Crippen LogP) is 0.975. The molecule has 0 saturated carbocycles. The van der Waals surface area contributed by atoms with Crippen molar-refractivity contribution < 1.29 is 9.59 Å². The highest BCUT2D eigenvalue weighted by atomic mass is 16.2. The molecular formula is C9H15NO2. The maximum atomic E-state index is 11.1. The third kappa shape index (κ3) is 1.65. The summed E-state index contributed by atoms with van der Waals surface area (Å²) in [6.45, 7) is 5.41. The minimum atomic E-state index is 0.0718. The van der Waals surface area contributed by atoms with Crippen LogP contribution in [0.15, 0.2) is 0 Å². The Morgan fingerprint density at radius 1 is 1.33 bits per heavy atom. The smallest absolute Gasteiger partial charge is 0.219 e. The Kier molecular flexibility index (Phi) is 2.50. The van der Waals surface area contributed by atoms with Crippen molar-refractivity contribution in [2.45, 2.75) is 45.7 Å². The van der Waals surface area contributed by atoms with E-state index in [9.17, 15) is 9.59 Å². The summed E-state index contributed by atoms with van der Waals surface area (Å²) in [6.07, 6.45) is 1.04. The summed E-state index contributed by atoms with van der Waals surface area (Å²) in [6, 6.07) is 0.164. The second-order valence-electron chi connectivity index (χ2n) is 3.57. The number of carbonyl (C=O) groups excluding carboxylic acids is 2. The van der Waals surface area contributed by atoms with Gasteiger partial charge in [0.15, 0.2) is 0 Å². The lowest BCUT2D eigenvalue weighted by molar-refractivity contribution is -0.138. The molecule has 1 saturated heterocycles. The molecule has 0 spiro atoms. The number of nitrogens with zero attached hydrogens (tertiary/aromatic N) is 1. The number of ketones is 1. The standard InChI is InChI=1S/C9H15NO2/c1-6-4-9(12)5-7(2)10(6)8(3)11/h6-7H,4-5H2,1-3H3/t6-,7-/m0/s1. The van der Waals surface area contributed by atoms with E-state index in [0.717, 1.165) is 0 Å². The van der Waals surface area contributed by atoms with Crippen molar-refractivity contribution in [2.24, 2.45) is 0 Å². The molecule has 12 heavy (non-hydrogen) atoms. The first-order chi connectivity index (χ1) is 5.52. The molecule has 0 bridgehead atoms. The highest BCUT2D eigenvalue weighted by Gasteiger charge is 2.30. The molecule has 0 radical (unpaired) electrons. The van der Waals surface area contributed by atoms with Gasteiger partial charge in [0.05, 0.1) is 0 Å². The molecule has 1 heterocycles. The topological polar surface area (TPSA) is 37.4 Å². The van der Waals surface area contributed by atoms with Gasteiger partial charge in [-0.2, -0.15) is 0 Å². The number of Topliss-reactive ketones (excluding diaryl/α,β-unsaturated/α-hetero) is 1. The van der Waals surface area contributed by atoms with E-state index in [1.807, 2.05) is 13.8 Å². The number of piperidine rings is 1. The monoisotopic (exact) mass is 169 g/mol. The van der Waals surface area contributed by atoms with E-state index in [4.69, 9.17) is 0 Å². The van der Waals surface area contributed by atoms with Gasteiger partial charge >= 0.3 is 0 Å². The Morgan fingerprint density at radius 3 is 2.08 bits per heavy atom. The van der Waals surface area contributed by atoms with Crippen molar-refractivity contribution in [1.29, 1.82) is 0 Å². The summed E-state index contributed by atoms with van der Waals surface area (Å²) >= 11 is 0. The van der Waals surface area contributed by atoms with Crippen molar-refractivity contribution >= 4 is 11.7 Å². The Bertz CT molecular complexity index is 199. The van der Waals surface area contributed by atoms with Crippen LogP contribution in [0.4, 0.5) is 0 Å². The first-order valence-electron chi connectivity index (χ1n) is 4.33. The first kappa shape index (κ1) is 9.23. The van der Waals surface area contributed by atoms with Crippen LogP contribution in [-0.2, 0) is 9.59 Å². The van der Waals surface area contributed by atoms with E-state index < -0.39 is 0 Å². The van der Waals surface area contributed by atoms with Crippen LogP contribution in [0.2, 0.25) is 0 Å². The van der Waals surface area contributed by atoms with Gasteiger partial charge in [-0.3, -0.25) is 9.59 Å². The van der Waals surface area contributed by atoms with Crippen molar-refractivity contribution in [3.05, 3.63) is 0 Å². The normalized spacial score (nSPS) is 30.6. The Labute approximate surface area is 72.7 Å². The molecule has 68 valence electrons. The molecule has 0 aromatic rings. The number of carbonyl (C=O) groups is 2. The van der Waals surface area contributed by atoms with Crippen LogP contribution in [-0.4, -0.2) is 28.7 Å². The van der Waals surface area contributed by atoms with Gasteiger partial charge in [0.2, 0.25) is 5.91 Å². The average molecular weight is 169 g/mol. The Hall–Kier alpha value is -0.860. The maximum absolute atomic E-state index is 11.1. The maximum Gasteiger partial charge on any atom is 0.219 e. The van der Waals surface area contributed by atoms with Gasteiger partial charge in [-0.15, -0.1) is 0 Å². The van der Waals surface area contributed by atoms with E-state index in [-0.39, 0.29) is 23.8 Å². The van der Waals surface area contributed by atoms with E-state index in [1.165, 1.54) is 0 Å². The summed E-state index contributed by atoms with van der Waals surface area (Å²) in [5.74, 6) is 0.343. The molecule has 1 fully saturated rings. The Morgan fingerprint density at radius 2 is 1.75 bits per heavy atom. The summed E-state index contributed by atoms with van der Waals surface area (Å²) in [5, 5.41) is 0. The van der Waals surface area contributed by atoms with E-state index in [1.54, 1.807) is 11.8 Å². The third-order valence-electron chi connectivity index (χ3n) is 2.36. The lowest BCUT2D eigenvalue weighted by Crippen LogP contribution is -2.49. The number of hydrogen-bond acceptors (Lipinski definition) is 2. The fraction of sp³-hybridized carbons (Fsp3) is 0.778. The second kappa shape index (κ2) is 3.25. The van der Waals surface area contributed by atoms with Gasteiger partial charge in [0, 0.05) is 31.8 Å². The van der Waals surface area contributed by atoms with Gasteiger partial charge in [0.25, 0.3) is 0 Å². The first-order valence-corrected chi connectivity index (χ1v) is 4.33. The zero-order valence-electron chi connectivity index (χ0n) is 7.83. The molecule has 1 rings (SSSR count). The third-order valence-corrected chi connectivity index (χ3v) is 2.36. The highest BCUT2D eigenvalue weighted by molar-refractivity contribution is 5.83. The molecule has 0 aromatic carbocycles. The molecule has 2 atom stereocenters. The summed E-state index contributed by atoms with van der Waals surface area (Å²) in [4.78, 5) is 24.0. The van der Waals surface area contributed by atoms with Gasteiger partial charge in [-0.25, -0.2) is 0 Å². The highest BCUT2D eigenvalue weighted by Crippen LogP contribution is 2.19. The lowest BCUT2D eigenvalue weighted by Gasteiger charge is -2.37. The zero-order valence-corrected chi connectivity index (χ0v) is 7.83. The van der Waals surface area contributed by atoms with E-state index in [0.29, 0.717) is 12.8 Å². The SMILES string of the molecule is CC(=O)N1[C@@H](C)CC(=O)C[C@@H]1C. The number of amides is 1. The fourth-order valence-electron chi connectivity index (χ4n) is 1.99. The fourth-order valence-corrected chi connectivity index (χ4v) is 1.99. The van der Waals surface area contributed by atoms with Crippen LogP contribution in [0.1, 0.15) is 33.6 Å². The van der Waals surface area contributed by atoms with Crippen LogP contribution in [0.5, 0.6) is 0 Å². The molecule has 1 aliphatic rings. The lowest BCUT2D eigenvalue weighted by atomic mass is 9.96. The quantitative estimate of drug-likeness (QED) is 0.542. The second-order valence-corrected chi connectivity index (χ2v) is 3.57. The molecule has 0 aromatic heterocycles. The minimum absolute atomic E-state index is 0.0718. The summed E-state index contributed by atoms with van der Waals surface area (Å²) in [7, 11) is 0. The van der Waals surface area contributed by atoms with E-state index >= 15 is 0 Å². The minimum Gasteiger partial charge on any atom is -0.337 e. The van der Waals surface area contributed by atoms with Crippen LogP contribution in [0.25, 0.3) is 0 Å². The van der Waals surface area contributed by atoms with Crippen LogP contribution in [0.3, 0.4) is 0 Å². The molecule has 1 aliphatic heterocycles. The van der Waals surface area contributed by atoms with Crippen LogP contribution in [0, 0.1) is 0 Å². The van der Waals surface area contributed by atoms with Crippen molar-refractivity contribution in [1.82, 2.24) is 4.90 Å². The molecule has 0 unspecified atom stereocenters. The number of likely N-dealkylation sites (tertiary alicyclic amines) is 1. The van der Waals surface area contributed by atoms with Crippen LogP contribution >= 0.6 is 0 Å². The van der Waals surface area contributed by atoms with Crippen LogP contribution < -0.4 is 0 Å². The molecule has 3 nitrogen and oxygen atoms in total. The number of hydrogen-bond donors (Lipinski definition) is 0. The van der Waals surface area contributed by atoms with E-state index in [2.05, 4.69) is 0 Å². The van der Waals surface area contributed by atoms with Crippen molar-refractivity contribution in [3.8, 4) is 0 Å². The number of rotatable bonds is 0. The average Bonchev–Trinajstić information content (AvgIpc) is 1.82. The predicted molar refractivity (Wildman–Crippen MR) is 45.7 cm³/mol. The van der Waals surface area contributed by atoms with Gasteiger partial charge < -0.3 is 4.90 Å². The van der Waals surface area contributed by atoms with Gasteiger partial charge in [0.1, 0.15) is 5.78 Å². The summed E-state index contributed by atoms with van der Waals surface area (Å²) < 4.78 is 0. The van der Waals surface area contributed by atoms with Gasteiger partial charge in [-0.05, 0) is 13.8 Å². The molecular weight excluding hydrogens is 154 g/mol. The zero-order chi connectivity index (χ0) is 9.30. The largest absolute Gasteiger partial charge is 0.337 e. The van der Waals surface area contributed by atoms with Gasteiger partial charge in [-0.1, -0.05) is 0 Å². The molecule has 3 heteroatoms. The molecule has 0 N–H and O–H groups in total.